The minimum Gasteiger partial charge on any atom is -0.323 e. The van der Waals surface area contributed by atoms with E-state index in [1.807, 2.05) is 13.0 Å². The second-order valence-corrected chi connectivity index (χ2v) is 5.31. The van der Waals surface area contributed by atoms with Gasteiger partial charge < -0.3 is 10.2 Å². The van der Waals surface area contributed by atoms with E-state index < -0.39 is 17.8 Å². The summed E-state index contributed by atoms with van der Waals surface area (Å²) in [6.45, 7) is 1.76. The Hall–Kier alpha value is -2.50. The molecule has 0 aromatic heterocycles. The molecule has 2 amide bonds. The number of carbonyl (C=O) groups excluding carboxylic acids is 1. The van der Waals surface area contributed by atoms with E-state index in [1.165, 1.54) is 30.1 Å². The summed E-state index contributed by atoms with van der Waals surface area (Å²) in [5.41, 5.74) is 0.913. The van der Waals surface area contributed by atoms with Crippen LogP contribution in [0.2, 0.25) is 0 Å². The minimum atomic E-state index is -4.44. The van der Waals surface area contributed by atoms with Gasteiger partial charge in [-0.3, -0.25) is 0 Å². The fraction of sp³-hybridized carbons (Fsp3) is 0.235. The van der Waals surface area contributed by atoms with E-state index in [2.05, 4.69) is 5.32 Å². The van der Waals surface area contributed by atoms with Crippen LogP contribution in [-0.4, -0.2) is 18.0 Å². The average Bonchev–Trinajstić information content (AvgIpc) is 2.46. The predicted molar refractivity (Wildman–Crippen MR) is 83.1 cm³/mol. The minimum absolute atomic E-state index is 0.0573. The van der Waals surface area contributed by atoms with Crippen molar-refractivity contribution >= 4 is 11.7 Å². The van der Waals surface area contributed by atoms with Gasteiger partial charge in [-0.25, -0.2) is 4.79 Å². The number of amides is 2. The van der Waals surface area contributed by atoms with Crippen LogP contribution < -0.4 is 5.32 Å². The Bertz CT molecular complexity index is 698. The van der Waals surface area contributed by atoms with Gasteiger partial charge in [-0.2, -0.15) is 13.2 Å². The molecule has 0 saturated heterocycles. The lowest BCUT2D eigenvalue weighted by Crippen LogP contribution is -2.31. The molecule has 0 atom stereocenters. The van der Waals surface area contributed by atoms with Crippen molar-refractivity contribution in [1.29, 1.82) is 0 Å². The van der Waals surface area contributed by atoms with Gasteiger partial charge in [0.05, 0.1) is 5.56 Å². The zero-order valence-electron chi connectivity index (χ0n) is 12.8. The second-order valence-electron chi connectivity index (χ2n) is 5.31. The summed E-state index contributed by atoms with van der Waals surface area (Å²) in [5.74, 6) is 0. The second kappa shape index (κ2) is 6.73. The standard InChI is InChI=1S/C17H17F3N2O/c1-12-6-5-8-14(10-12)21-16(23)22(2)11-13-7-3-4-9-15(13)17(18,19)20/h3-10H,11H2,1-2H3,(H,21,23). The van der Waals surface area contributed by atoms with E-state index in [1.54, 1.807) is 18.2 Å². The quantitative estimate of drug-likeness (QED) is 0.874. The molecule has 0 radical (unpaired) electrons. The van der Waals surface area contributed by atoms with Crippen LogP contribution in [0, 0.1) is 6.92 Å². The lowest BCUT2D eigenvalue weighted by molar-refractivity contribution is -0.138. The SMILES string of the molecule is Cc1cccc(NC(=O)N(C)Cc2ccccc2C(F)(F)F)c1. The Morgan fingerprint density at radius 3 is 2.48 bits per heavy atom. The van der Waals surface area contributed by atoms with Crippen molar-refractivity contribution in [1.82, 2.24) is 4.90 Å². The molecule has 0 fully saturated rings. The van der Waals surface area contributed by atoms with Crippen LogP contribution in [0.4, 0.5) is 23.7 Å². The largest absolute Gasteiger partial charge is 0.416 e. The summed E-state index contributed by atoms with van der Waals surface area (Å²) >= 11 is 0. The first-order chi connectivity index (χ1) is 10.8. The molecule has 0 aliphatic carbocycles. The van der Waals surface area contributed by atoms with E-state index in [4.69, 9.17) is 0 Å². The van der Waals surface area contributed by atoms with Gasteiger partial charge in [0, 0.05) is 19.3 Å². The van der Waals surface area contributed by atoms with E-state index in [0.717, 1.165) is 11.6 Å². The number of anilines is 1. The number of alkyl halides is 3. The summed E-state index contributed by atoms with van der Waals surface area (Å²) in [6, 6.07) is 12.0. The Morgan fingerprint density at radius 1 is 1.13 bits per heavy atom. The summed E-state index contributed by atoms with van der Waals surface area (Å²) in [5, 5.41) is 2.67. The molecule has 0 spiro atoms. The van der Waals surface area contributed by atoms with E-state index in [-0.39, 0.29) is 12.1 Å². The summed E-state index contributed by atoms with van der Waals surface area (Å²) in [4.78, 5) is 13.3. The van der Waals surface area contributed by atoms with Gasteiger partial charge in [-0.05, 0) is 36.2 Å². The van der Waals surface area contributed by atoms with Gasteiger partial charge in [-0.1, -0.05) is 30.3 Å². The van der Waals surface area contributed by atoms with Crippen LogP contribution in [0.5, 0.6) is 0 Å². The zero-order chi connectivity index (χ0) is 17.0. The number of carbonyl (C=O) groups is 1. The smallest absolute Gasteiger partial charge is 0.323 e. The maximum Gasteiger partial charge on any atom is 0.416 e. The van der Waals surface area contributed by atoms with Gasteiger partial charge >= 0.3 is 12.2 Å². The summed E-state index contributed by atoms with van der Waals surface area (Å²) < 4.78 is 38.9. The van der Waals surface area contributed by atoms with Gasteiger partial charge in [0.1, 0.15) is 0 Å². The maximum absolute atomic E-state index is 13.0. The topological polar surface area (TPSA) is 32.3 Å². The van der Waals surface area contributed by atoms with Crippen LogP contribution in [0.15, 0.2) is 48.5 Å². The highest BCUT2D eigenvalue weighted by Gasteiger charge is 2.33. The molecule has 2 aromatic carbocycles. The fourth-order valence-electron chi connectivity index (χ4n) is 2.20. The Balaban J connectivity index is 2.10. The molecular formula is C17H17F3N2O. The first kappa shape index (κ1) is 16.9. The molecule has 6 heteroatoms. The average molecular weight is 322 g/mol. The first-order valence-electron chi connectivity index (χ1n) is 7.01. The third-order valence-electron chi connectivity index (χ3n) is 3.35. The number of halogens is 3. The molecule has 0 aliphatic heterocycles. The molecular weight excluding hydrogens is 305 g/mol. The van der Waals surface area contributed by atoms with E-state index >= 15 is 0 Å². The number of nitrogens with zero attached hydrogens (tertiary/aromatic N) is 1. The molecule has 0 heterocycles. The maximum atomic E-state index is 13.0. The Labute approximate surface area is 132 Å². The Morgan fingerprint density at radius 2 is 1.83 bits per heavy atom. The molecule has 2 rings (SSSR count). The van der Waals surface area contributed by atoms with Crippen LogP contribution >= 0.6 is 0 Å². The molecule has 0 unspecified atom stereocenters. The predicted octanol–water partition coefficient (Wildman–Crippen LogP) is 4.68. The van der Waals surface area contributed by atoms with Gasteiger partial charge in [0.2, 0.25) is 0 Å². The van der Waals surface area contributed by atoms with Crippen molar-refractivity contribution < 1.29 is 18.0 Å². The van der Waals surface area contributed by atoms with Crippen molar-refractivity contribution in [3.63, 3.8) is 0 Å². The lowest BCUT2D eigenvalue weighted by atomic mass is 10.1. The number of benzene rings is 2. The number of hydrogen-bond acceptors (Lipinski definition) is 1. The van der Waals surface area contributed by atoms with E-state index in [0.29, 0.717) is 5.69 Å². The molecule has 23 heavy (non-hydrogen) atoms. The molecule has 3 nitrogen and oxygen atoms in total. The van der Waals surface area contributed by atoms with Crippen molar-refractivity contribution in [2.24, 2.45) is 0 Å². The van der Waals surface area contributed by atoms with Crippen molar-refractivity contribution in [2.45, 2.75) is 19.6 Å². The molecule has 1 N–H and O–H groups in total. The lowest BCUT2D eigenvalue weighted by Gasteiger charge is -2.20. The van der Waals surface area contributed by atoms with Crippen LogP contribution in [0.3, 0.4) is 0 Å². The van der Waals surface area contributed by atoms with Crippen molar-refractivity contribution in [2.75, 3.05) is 12.4 Å². The highest BCUT2D eigenvalue weighted by molar-refractivity contribution is 5.89. The Kier molecular flexibility index (Phi) is 4.93. The third kappa shape index (κ3) is 4.48. The molecule has 2 aromatic rings. The van der Waals surface area contributed by atoms with Crippen molar-refractivity contribution in [3.8, 4) is 0 Å². The summed E-state index contributed by atoms with van der Waals surface area (Å²) in [6.07, 6.45) is -4.44. The number of aryl methyl sites for hydroxylation is 1. The first-order valence-corrected chi connectivity index (χ1v) is 7.01. The normalized spacial score (nSPS) is 11.2. The molecule has 122 valence electrons. The number of rotatable bonds is 3. The monoisotopic (exact) mass is 322 g/mol. The fourth-order valence-corrected chi connectivity index (χ4v) is 2.20. The van der Waals surface area contributed by atoms with Gasteiger partial charge in [0.25, 0.3) is 0 Å². The van der Waals surface area contributed by atoms with Crippen LogP contribution in [0.25, 0.3) is 0 Å². The molecule has 0 aliphatic rings. The highest BCUT2D eigenvalue weighted by Crippen LogP contribution is 2.32. The zero-order valence-corrected chi connectivity index (χ0v) is 12.8. The third-order valence-corrected chi connectivity index (χ3v) is 3.35. The summed E-state index contributed by atoms with van der Waals surface area (Å²) in [7, 11) is 1.46. The van der Waals surface area contributed by atoms with E-state index in [9.17, 15) is 18.0 Å². The number of nitrogens with one attached hydrogen (secondary N) is 1. The number of hydrogen-bond donors (Lipinski definition) is 1. The molecule has 0 saturated carbocycles. The van der Waals surface area contributed by atoms with Gasteiger partial charge in [-0.15, -0.1) is 0 Å². The van der Waals surface area contributed by atoms with Crippen molar-refractivity contribution in [3.05, 3.63) is 65.2 Å². The molecule has 0 bridgehead atoms. The van der Waals surface area contributed by atoms with Crippen LogP contribution in [-0.2, 0) is 12.7 Å². The number of urea groups is 1. The van der Waals surface area contributed by atoms with Crippen LogP contribution in [0.1, 0.15) is 16.7 Å². The highest BCUT2D eigenvalue weighted by atomic mass is 19.4. The van der Waals surface area contributed by atoms with Gasteiger partial charge in [0.15, 0.2) is 0 Å².